The highest BCUT2D eigenvalue weighted by atomic mass is 35.5. The summed E-state index contributed by atoms with van der Waals surface area (Å²) in [6.45, 7) is 0. The number of aromatic nitrogens is 4. The Morgan fingerprint density at radius 1 is 1.21 bits per heavy atom. The van der Waals surface area contributed by atoms with Crippen LogP contribution in [0, 0.1) is 0 Å². The Morgan fingerprint density at radius 3 is 2.50 bits per heavy atom. The molecule has 28 heavy (non-hydrogen) atoms. The molecule has 2 unspecified atom stereocenters. The Balaban J connectivity index is 1.87. The van der Waals surface area contributed by atoms with Gasteiger partial charge in [-0.3, -0.25) is 9.59 Å². The molecule has 0 bridgehead atoms. The lowest BCUT2D eigenvalue weighted by Crippen LogP contribution is -2.23. The normalized spacial score (nSPS) is 20.7. The zero-order valence-corrected chi connectivity index (χ0v) is 15.7. The van der Waals surface area contributed by atoms with Gasteiger partial charge in [-0.1, -0.05) is 35.3 Å². The number of rotatable bonds is 5. The quantitative estimate of drug-likeness (QED) is 0.583. The van der Waals surface area contributed by atoms with E-state index in [4.69, 9.17) is 28.9 Å². The van der Waals surface area contributed by atoms with Crippen LogP contribution in [0.1, 0.15) is 33.8 Å². The standard InChI is InChI=1S/C18H13Cl2N5O3/c19-9-3-1-8(2-4-9)13-7-18(13,17(27)28)12-5-11(16-22-24-25-23-16)10(15(21)26)6-14(12)20/h1-6,13H,7H2,(H2,21,26)(H,27,28)(H,22,23,24,25). The van der Waals surface area contributed by atoms with Crippen molar-refractivity contribution < 1.29 is 14.7 Å². The third-order valence-corrected chi connectivity index (χ3v) is 5.62. The van der Waals surface area contributed by atoms with Crippen molar-refractivity contribution in [2.75, 3.05) is 0 Å². The zero-order valence-electron chi connectivity index (χ0n) is 14.2. The second kappa shape index (κ2) is 6.57. The number of H-pyrrole nitrogens is 1. The summed E-state index contributed by atoms with van der Waals surface area (Å²) in [5, 5.41) is 24.3. The summed E-state index contributed by atoms with van der Waals surface area (Å²) < 4.78 is 0. The highest BCUT2D eigenvalue weighted by Crippen LogP contribution is 2.62. The number of nitrogens with one attached hydrogen (secondary N) is 1. The molecule has 4 rings (SSSR count). The Hall–Kier alpha value is -2.97. The van der Waals surface area contributed by atoms with Crippen LogP contribution in [-0.2, 0) is 10.2 Å². The van der Waals surface area contributed by atoms with E-state index in [1.165, 1.54) is 12.1 Å². The van der Waals surface area contributed by atoms with E-state index >= 15 is 0 Å². The summed E-state index contributed by atoms with van der Waals surface area (Å²) in [7, 11) is 0. The van der Waals surface area contributed by atoms with Crippen molar-refractivity contribution in [3.63, 3.8) is 0 Å². The number of primary amides is 1. The summed E-state index contributed by atoms with van der Waals surface area (Å²) >= 11 is 12.3. The van der Waals surface area contributed by atoms with E-state index in [9.17, 15) is 14.7 Å². The van der Waals surface area contributed by atoms with Gasteiger partial charge in [0.05, 0.1) is 5.56 Å². The fourth-order valence-corrected chi connectivity index (χ4v) is 4.05. The van der Waals surface area contributed by atoms with Crippen LogP contribution >= 0.6 is 23.2 Å². The molecule has 3 aromatic rings. The van der Waals surface area contributed by atoms with Crippen LogP contribution in [0.25, 0.3) is 11.4 Å². The molecule has 10 heteroatoms. The number of nitrogens with zero attached hydrogens (tertiary/aromatic N) is 3. The van der Waals surface area contributed by atoms with Crippen LogP contribution in [-0.4, -0.2) is 37.6 Å². The Kier molecular flexibility index (Phi) is 4.32. The largest absolute Gasteiger partial charge is 0.481 e. The molecule has 1 aliphatic carbocycles. The van der Waals surface area contributed by atoms with Crippen molar-refractivity contribution in [2.45, 2.75) is 17.8 Å². The van der Waals surface area contributed by atoms with Gasteiger partial charge < -0.3 is 10.8 Å². The fraction of sp³-hybridized carbons (Fsp3) is 0.167. The minimum Gasteiger partial charge on any atom is -0.481 e. The van der Waals surface area contributed by atoms with Crippen LogP contribution in [0.2, 0.25) is 10.0 Å². The van der Waals surface area contributed by atoms with Gasteiger partial charge >= 0.3 is 5.97 Å². The molecule has 0 spiro atoms. The number of benzene rings is 2. The number of carboxylic acids is 1. The summed E-state index contributed by atoms with van der Waals surface area (Å²) in [6, 6.07) is 9.88. The molecule has 4 N–H and O–H groups in total. The number of hydrogen-bond donors (Lipinski definition) is 3. The van der Waals surface area contributed by atoms with E-state index in [1.54, 1.807) is 24.3 Å². The molecule has 1 aromatic heterocycles. The molecular weight excluding hydrogens is 405 g/mol. The van der Waals surface area contributed by atoms with Crippen LogP contribution in [0.5, 0.6) is 0 Å². The first-order chi connectivity index (χ1) is 13.3. The molecule has 0 saturated heterocycles. The Morgan fingerprint density at radius 2 is 1.93 bits per heavy atom. The van der Waals surface area contributed by atoms with E-state index in [0.29, 0.717) is 17.0 Å². The zero-order chi connectivity index (χ0) is 20.1. The van der Waals surface area contributed by atoms with Crippen LogP contribution in [0.15, 0.2) is 36.4 Å². The number of carbonyl (C=O) groups is 2. The molecule has 142 valence electrons. The number of tetrazole rings is 1. The maximum absolute atomic E-state index is 12.3. The van der Waals surface area contributed by atoms with Crippen LogP contribution in [0.4, 0.5) is 0 Å². The minimum atomic E-state index is -1.24. The van der Waals surface area contributed by atoms with Gasteiger partial charge in [-0.15, -0.1) is 10.2 Å². The van der Waals surface area contributed by atoms with Crippen LogP contribution < -0.4 is 5.73 Å². The molecule has 0 radical (unpaired) electrons. The average molecular weight is 418 g/mol. The minimum absolute atomic E-state index is 0.0828. The number of aliphatic carboxylic acids is 1. The van der Waals surface area contributed by atoms with E-state index in [-0.39, 0.29) is 27.9 Å². The topological polar surface area (TPSA) is 135 Å². The fourth-order valence-electron chi connectivity index (χ4n) is 3.59. The summed E-state index contributed by atoms with van der Waals surface area (Å²) in [5.41, 5.74) is 5.76. The van der Waals surface area contributed by atoms with E-state index < -0.39 is 17.3 Å². The lowest BCUT2D eigenvalue weighted by Gasteiger charge is -2.17. The second-order valence-electron chi connectivity index (χ2n) is 6.56. The first-order valence-electron chi connectivity index (χ1n) is 8.21. The highest BCUT2D eigenvalue weighted by molar-refractivity contribution is 6.32. The van der Waals surface area contributed by atoms with Crippen molar-refractivity contribution >= 4 is 35.1 Å². The smallest absolute Gasteiger partial charge is 0.314 e. The first-order valence-corrected chi connectivity index (χ1v) is 8.96. The molecule has 1 heterocycles. The van der Waals surface area contributed by atoms with Gasteiger partial charge in [-0.25, -0.2) is 0 Å². The lowest BCUT2D eigenvalue weighted by molar-refractivity contribution is -0.140. The van der Waals surface area contributed by atoms with Crippen LogP contribution in [0.3, 0.4) is 0 Å². The van der Waals surface area contributed by atoms with Gasteiger partial charge in [-0.05, 0) is 47.0 Å². The monoisotopic (exact) mass is 417 g/mol. The van der Waals surface area contributed by atoms with Crippen molar-refractivity contribution in [3.05, 3.63) is 63.1 Å². The summed E-state index contributed by atoms with van der Waals surface area (Å²) in [6.07, 6.45) is 0.352. The van der Waals surface area contributed by atoms with Crippen molar-refractivity contribution in [1.29, 1.82) is 0 Å². The van der Waals surface area contributed by atoms with Gasteiger partial charge in [0.25, 0.3) is 0 Å². The molecule has 2 aromatic carbocycles. The lowest BCUT2D eigenvalue weighted by atomic mass is 9.88. The van der Waals surface area contributed by atoms with Crippen molar-refractivity contribution in [2.24, 2.45) is 5.73 Å². The molecular formula is C18H13Cl2N5O3. The molecule has 1 amide bonds. The van der Waals surface area contributed by atoms with Gasteiger partial charge in [0.2, 0.25) is 11.7 Å². The van der Waals surface area contributed by atoms with E-state index in [0.717, 1.165) is 5.56 Å². The maximum atomic E-state index is 12.3. The molecule has 0 aliphatic heterocycles. The summed E-state index contributed by atoms with van der Waals surface area (Å²) in [4.78, 5) is 24.1. The SMILES string of the molecule is NC(=O)c1cc(Cl)c(C2(C(=O)O)CC2c2ccc(Cl)cc2)cc1-c1nn[nH]n1. The number of aromatic amines is 1. The Bertz CT molecular complexity index is 1090. The number of halogens is 2. The predicted octanol–water partition coefficient (Wildman–Crippen LogP) is 2.78. The van der Waals surface area contributed by atoms with Gasteiger partial charge in [0.1, 0.15) is 5.41 Å². The Labute approximate surface area is 168 Å². The highest BCUT2D eigenvalue weighted by Gasteiger charge is 2.63. The number of hydrogen-bond acceptors (Lipinski definition) is 5. The number of carboxylic acid groups (broad SMARTS) is 1. The number of amides is 1. The predicted molar refractivity (Wildman–Crippen MR) is 101 cm³/mol. The van der Waals surface area contributed by atoms with Gasteiger partial charge in [0.15, 0.2) is 0 Å². The van der Waals surface area contributed by atoms with Crippen molar-refractivity contribution in [3.8, 4) is 11.4 Å². The number of carbonyl (C=O) groups excluding carboxylic acids is 1. The van der Waals surface area contributed by atoms with E-state index in [2.05, 4.69) is 20.6 Å². The van der Waals surface area contributed by atoms with Gasteiger partial charge in [0, 0.05) is 21.5 Å². The molecule has 2 atom stereocenters. The number of nitrogens with two attached hydrogens (primary N) is 1. The van der Waals surface area contributed by atoms with Crippen molar-refractivity contribution in [1.82, 2.24) is 20.6 Å². The van der Waals surface area contributed by atoms with E-state index in [1.807, 2.05) is 0 Å². The maximum Gasteiger partial charge on any atom is 0.314 e. The third kappa shape index (κ3) is 2.81. The summed E-state index contributed by atoms with van der Waals surface area (Å²) in [5.74, 6) is -1.92. The molecule has 1 fully saturated rings. The average Bonchev–Trinajstić information content (AvgIpc) is 3.17. The second-order valence-corrected chi connectivity index (χ2v) is 7.41. The molecule has 8 nitrogen and oxygen atoms in total. The molecule has 1 saturated carbocycles. The third-order valence-electron chi connectivity index (χ3n) is 5.05. The van der Waals surface area contributed by atoms with Gasteiger partial charge in [-0.2, -0.15) is 5.21 Å². The molecule has 1 aliphatic rings. The first kappa shape index (κ1) is 18.4.